The van der Waals surface area contributed by atoms with E-state index in [-0.39, 0.29) is 30.2 Å². The highest BCUT2D eigenvalue weighted by molar-refractivity contribution is 14.1. The zero-order valence-corrected chi connectivity index (χ0v) is 22.8. The lowest BCUT2D eigenvalue weighted by molar-refractivity contribution is -0.136. The molecule has 1 rings (SSSR count). The Labute approximate surface area is 213 Å². The zero-order chi connectivity index (χ0) is 22.3. The van der Waals surface area contributed by atoms with E-state index in [2.05, 4.69) is 5.32 Å². The second kappa shape index (κ2) is 12.5. The number of hydrogen-bond acceptors (Lipinski definition) is 5. The lowest BCUT2D eigenvalue weighted by atomic mass is 10.1. The summed E-state index contributed by atoms with van der Waals surface area (Å²) in [7, 11) is 0. The Hall–Kier alpha value is -0.360. The number of carboxylic acid groups (broad SMARTS) is 2. The van der Waals surface area contributed by atoms with E-state index < -0.39 is 11.9 Å². The number of aliphatic carboxylic acids is 1. The number of thioether (sulfide) groups is 1. The fourth-order valence-electron chi connectivity index (χ4n) is 2.35. The molecule has 0 spiro atoms. The number of nitrogens with zero attached hydrogens (tertiary/aromatic N) is 1. The molecule has 0 heterocycles. The molecule has 0 atom stereocenters. The maximum absolute atomic E-state index is 12.4. The highest BCUT2D eigenvalue weighted by atomic mass is 127. The topological polar surface area (TPSA) is 124 Å². The van der Waals surface area contributed by atoms with Crippen molar-refractivity contribution in [3.8, 4) is 0 Å². The van der Waals surface area contributed by atoms with Gasteiger partial charge in [0.25, 0.3) is 0 Å². The number of nitrogens with one attached hydrogen (secondary N) is 1. The van der Waals surface area contributed by atoms with Crippen molar-refractivity contribution in [3.63, 3.8) is 0 Å². The Bertz CT molecular complexity index is 834. The van der Waals surface area contributed by atoms with Gasteiger partial charge in [-0.3, -0.25) is 14.4 Å². The normalized spacial score (nSPS) is 10.5. The molecule has 160 valence electrons. The first-order valence-corrected chi connectivity index (χ1v) is 12.7. The van der Waals surface area contributed by atoms with E-state index in [1.54, 1.807) is 6.92 Å². The van der Waals surface area contributed by atoms with Gasteiger partial charge in [-0.1, -0.05) is 0 Å². The minimum absolute atomic E-state index is 0.0302. The largest absolute Gasteiger partial charge is 0.481 e. The number of carbonyl (C=O) groups is 4. The molecule has 0 aliphatic rings. The van der Waals surface area contributed by atoms with E-state index in [9.17, 15) is 24.3 Å². The van der Waals surface area contributed by atoms with Crippen molar-refractivity contribution in [1.82, 2.24) is 0 Å². The van der Waals surface area contributed by atoms with E-state index in [1.165, 1.54) is 23.6 Å². The van der Waals surface area contributed by atoms with Gasteiger partial charge >= 0.3 is 11.9 Å². The molecule has 12 heteroatoms. The summed E-state index contributed by atoms with van der Waals surface area (Å²) in [5.74, 6) is -1.70. The van der Waals surface area contributed by atoms with Gasteiger partial charge in [-0.15, -0.1) is 0 Å². The number of amides is 2. The molecule has 1 aromatic carbocycles. The van der Waals surface area contributed by atoms with E-state index in [1.807, 2.05) is 67.8 Å². The second-order valence-corrected chi connectivity index (χ2v) is 10.1. The van der Waals surface area contributed by atoms with Gasteiger partial charge in [-0.25, -0.2) is 4.79 Å². The van der Waals surface area contributed by atoms with Gasteiger partial charge in [0.1, 0.15) is 0 Å². The van der Waals surface area contributed by atoms with Crippen LogP contribution < -0.4 is 10.2 Å². The summed E-state index contributed by atoms with van der Waals surface area (Å²) in [5, 5.41) is 21.1. The van der Waals surface area contributed by atoms with Crippen molar-refractivity contribution in [2.45, 2.75) is 26.7 Å². The molecule has 0 radical (unpaired) electrons. The summed E-state index contributed by atoms with van der Waals surface area (Å²) >= 11 is 7.18. The molecule has 0 fully saturated rings. The Morgan fingerprint density at radius 3 is 2.07 bits per heavy atom. The van der Waals surface area contributed by atoms with Crippen molar-refractivity contribution in [2.75, 3.05) is 28.3 Å². The molecule has 3 N–H and O–H groups in total. The lowest BCUT2D eigenvalue weighted by Crippen LogP contribution is -2.31. The van der Waals surface area contributed by atoms with Gasteiger partial charge in [-0.05, 0) is 74.7 Å². The van der Waals surface area contributed by atoms with Crippen LogP contribution in [0.3, 0.4) is 0 Å². The van der Waals surface area contributed by atoms with E-state index in [0.29, 0.717) is 40.1 Å². The Morgan fingerprint density at radius 1 is 1.00 bits per heavy atom. The van der Waals surface area contributed by atoms with Crippen LogP contribution in [0.15, 0.2) is 0 Å². The van der Waals surface area contributed by atoms with Gasteiger partial charge < -0.3 is 20.4 Å². The summed E-state index contributed by atoms with van der Waals surface area (Å²) in [6.45, 7) is 3.55. The molecule has 8 nitrogen and oxygen atoms in total. The van der Waals surface area contributed by atoms with Crippen LogP contribution in [-0.2, 0) is 14.4 Å². The number of hydrogen-bond donors (Lipinski definition) is 3. The fourth-order valence-corrected chi connectivity index (χ4v) is 7.68. The summed E-state index contributed by atoms with van der Waals surface area (Å²) < 4.78 is 1.41. The molecular formula is C17H19I3N2O6S. The van der Waals surface area contributed by atoms with Crippen molar-refractivity contribution in [3.05, 3.63) is 16.3 Å². The van der Waals surface area contributed by atoms with Crippen LogP contribution in [0.1, 0.15) is 37.0 Å². The fraction of sp³-hybridized carbons (Fsp3) is 0.412. The third-order valence-corrected chi connectivity index (χ3v) is 7.84. The Balaban J connectivity index is 3.21. The molecule has 0 aliphatic heterocycles. The first kappa shape index (κ1) is 26.7. The minimum atomic E-state index is -1.14. The monoisotopic (exact) mass is 760 g/mol. The predicted molar refractivity (Wildman–Crippen MR) is 138 cm³/mol. The summed E-state index contributed by atoms with van der Waals surface area (Å²) in [6.07, 6.45) is 0.187. The van der Waals surface area contributed by atoms with Gasteiger partial charge in [0.05, 0.1) is 34.1 Å². The number of benzene rings is 1. The van der Waals surface area contributed by atoms with Crippen LogP contribution in [0, 0.1) is 10.7 Å². The molecule has 0 saturated heterocycles. The van der Waals surface area contributed by atoms with Crippen molar-refractivity contribution in [2.24, 2.45) is 0 Å². The Kier molecular flexibility index (Phi) is 11.5. The average molecular weight is 760 g/mol. The lowest BCUT2D eigenvalue weighted by Gasteiger charge is -2.26. The average Bonchev–Trinajstić information content (AvgIpc) is 2.61. The first-order valence-electron chi connectivity index (χ1n) is 8.34. The molecule has 0 aliphatic carbocycles. The van der Waals surface area contributed by atoms with Gasteiger partial charge in [-0.2, -0.15) is 11.8 Å². The van der Waals surface area contributed by atoms with Crippen LogP contribution in [0.2, 0.25) is 0 Å². The first-order chi connectivity index (χ1) is 13.5. The van der Waals surface area contributed by atoms with Crippen LogP contribution in [0.25, 0.3) is 0 Å². The number of anilines is 2. The quantitative estimate of drug-likeness (QED) is 0.243. The van der Waals surface area contributed by atoms with Crippen molar-refractivity contribution in [1.29, 1.82) is 0 Å². The van der Waals surface area contributed by atoms with E-state index >= 15 is 0 Å². The summed E-state index contributed by atoms with van der Waals surface area (Å²) in [6, 6.07) is 0. The maximum Gasteiger partial charge on any atom is 0.338 e. The smallest absolute Gasteiger partial charge is 0.338 e. The number of aromatic carboxylic acids is 1. The zero-order valence-electron chi connectivity index (χ0n) is 15.6. The molecule has 0 aromatic heterocycles. The van der Waals surface area contributed by atoms with Crippen LogP contribution in [-0.4, -0.2) is 52.0 Å². The number of carboxylic acids is 2. The standard InChI is InChI=1S/C17H19I3N2O6S/c1-3-22(8(2)23)16-13(19)11(17(27)28)12(18)15(14(16)20)21-9(24)4-6-29-7-5-10(25)26/h3-7H2,1-2H3,(H,21,24)(H,25,26)(H,27,28). The van der Waals surface area contributed by atoms with Crippen LogP contribution in [0.4, 0.5) is 11.4 Å². The van der Waals surface area contributed by atoms with E-state index in [0.717, 1.165) is 0 Å². The molecule has 29 heavy (non-hydrogen) atoms. The number of halogens is 3. The molecule has 0 unspecified atom stereocenters. The van der Waals surface area contributed by atoms with Gasteiger partial charge in [0.2, 0.25) is 11.8 Å². The molecule has 0 saturated carbocycles. The Morgan fingerprint density at radius 2 is 1.59 bits per heavy atom. The maximum atomic E-state index is 12.4. The SMILES string of the molecule is CCN(C(C)=O)c1c(I)c(NC(=O)CCSCCC(=O)O)c(I)c(C(=O)O)c1I. The predicted octanol–water partition coefficient (Wildman–Crippen LogP) is 4.11. The van der Waals surface area contributed by atoms with Crippen LogP contribution >= 0.6 is 79.5 Å². The molecular weight excluding hydrogens is 741 g/mol. The second-order valence-electron chi connectivity index (χ2n) is 5.66. The number of carbonyl (C=O) groups excluding carboxylic acids is 2. The minimum Gasteiger partial charge on any atom is -0.481 e. The summed E-state index contributed by atoms with van der Waals surface area (Å²) in [4.78, 5) is 48.3. The third-order valence-electron chi connectivity index (χ3n) is 3.67. The number of rotatable bonds is 10. The highest BCUT2D eigenvalue weighted by Gasteiger charge is 2.28. The van der Waals surface area contributed by atoms with Crippen LogP contribution in [0.5, 0.6) is 0 Å². The van der Waals surface area contributed by atoms with Gasteiger partial charge in [0, 0.05) is 31.4 Å². The molecule has 1 aromatic rings. The third kappa shape index (κ3) is 7.37. The van der Waals surface area contributed by atoms with Gasteiger partial charge in [0.15, 0.2) is 0 Å². The summed E-state index contributed by atoms with van der Waals surface area (Å²) in [5.41, 5.74) is 0.858. The highest BCUT2D eigenvalue weighted by Crippen LogP contribution is 2.40. The van der Waals surface area contributed by atoms with Crippen molar-refractivity contribution >= 4 is 115 Å². The molecule has 0 bridgehead atoms. The molecule has 2 amide bonds. The van der Waals surface area contributed by atoms with E-state index in [4.69, 9.17) is 5.11 Å². The van der Waals surface area contributed by atoms with Crippen molar-refractivity contribution < 1.29 is 29.4 Å².